The summed E-state index contributed by atoms with van der Waals surface area (Å²) < 4.78 is 39.9. The SMILES string of the molecule is O=C(NCCCN(C(=O)Nc1cccc(C(F)(F)F)c1)c1ccccc1)Nc1ccc(Br)cc1. The number of amides is 4. The minimum atomic E-state index is -4.51. The van der Waals surface area contributed by atoms with Crippen LogP contribution in [0.15, 0.2) is 83.3 Å². The second kappa shape index (κ2) is 11.6. The summed E-state index contributed by atoms with van der Waals surface area (Å²) in [5, 5.41) is 7.95. The maximum Gasteiger partial charge on any atom is 0.416 e. The zero-order chi connectivity index (χ0) is 24.6. The first kappa shape index (κ1) is 25.1. The normalized spacial score (nSPS) is 10.9. The molecule has 34 heavy (non-hydrogen) atoms. The molecule has 0 radical (unpaired) electrons. The molecule has 0 fully saturated rings. The number of nitrogens with zero attached hydrogens (tertiary/aromatic N) is 1. The molecular formula is C24H22BrF3N4O2. The summed E-state index contributed by atoms with van der Waals surface area (Å²) in [7, 11) is 0. The van der Waals surface area contributed by atoms with E-state index in [4.69, 9.17) is 0 Å². The molecule has 4 amide bonds. The lowest BCUT2D eigenvalue weighted by Gasteiger charge is -2.23. The van der Waals surface area contributed by atoms with Crippen LogP contribution in [0.25, 0.3) is 0 Å². The van der Waals surface area contributed by atoms with Crippen LogP contribution < -0.4 is 20.9 Å². The standard InChI is InChI=1S/C24H22BrF3N4O2/c25-18-10-12-19(13-11-18)30-22(33)29-14-5-15-32(21-8-2-1-3-9-21)23(34)31-20-7-4-6-17(16-20)24(26,27)28/h1-4,6-13,16H,5,14-15H2,(H,31,34)(H2,29,30,33). The van der Waals surface area contributed by atoms with Crippen molar-refractivity contribution in [3.8, 4) is 0 Å². The molecule has 6 nitrogen and oxygen atoms in total. The van der Waals surface area contributed by atoms with E-state index in [9.17, 15) is 22.8 Å². The van der Waals surface area contributed by atoms with E-state index in [2.05, 4.69) is 31.9 Å². The van der Waals surface area contributed by atoms with Gasteiger partial charge in [-0.05, 0) is 61.0 Å². The van der Waals surface area contributed by atoms with Crippen LogP contribution >= 0.6 is 15.9 Å². The molecule has 0 aliphatic rings. The Kier molecular flexibility index (Phi) is 8.53. The Morgan fingerprint density at radius 2 is 1.56 bits per heavy atom. The first-order valence-electron chi connectivity index (χ1n) is 10.3. The van der Waals surface area contributed by atoms with E-state index < -0.39 is 17.8 Å². The van der Waals surface area contributed by atoms with Crippen LogP contribution in [0.2, 0.25) is 0 Å². The van der Waals surface area contributed by atoms with E-state index in [1.807, 2.05) is 0 Å². The summed E-state index contributed by atoms with van der Waals surface area (Å²) in [4.78, 5) is 26.4. The van der Waals surface area contributed by atoms with E-state index in [0.29, 0.717) is 17.8 Å². The Labute approximate surface area is 203 Å². The fourth-order valence-electron chi connectivity index (χ4n) is 3.07. The molecule has 0 aliphatic heterocycles. The third-order valence-electron chi connectivity index (χ3n) is 4.70. The zero-order valence-electron chi connectivity index (χ0n) is 17.9. The minimum absolute atomic E-state index is 0.0350. The molecule has 0 spiro atoms. The molecule has 0 aliphatic carbocycles. The van der Waals surface area contributed by atoms with Crippen LogP contribution in [-0.2, 0) is 6.18 Å². The van der Waals surface area contributed by atoms with Gasteiger partial charge in [-0.25, -0.2) is 9.59 Å². The highest BCUT2D eigenvalue weighted by molar-refractivity contribution is 9.10. The van der Waals surface area contributed by atoms with Crippen molar-refractivity contribution in [2.24, 2.45) is 0 Å². The lowest BCUT2D eigenvalue weighted by Crippen LogP contribution is -2.38. The number of hydrogen-bond acceptors (Lipinski definition) is 2. The molecule has 0 unspecified atom stereocenters. The van der Waals surface area contributed by atoms with E-state index in [1.54, 1.807) is 54.6 Å². The van der Waals surface area contributed by atoms with Crippen LogP contribution in [-0.4, -0.2) is 25.2 Å². The third kappa shape index (κ3) is 7.51. The highest BCUT2D eigenvalue weighted by Gasteiger charge is 2.30. The highest BCUT2D eigenvalue weighted by atomic mass is 79.9. The van der Waals surface area contributed by atoms with Crippen molar-refractivity contribution in [3.63, 3.8) is 0 Å². The number of halogens is 4. The summed E-state index contributed by atoms with van der Waals surface area (Å²) in [5.74, 6) is 0. The Morgan fingerprint density at radius 1 is 0.853 bits per heavy atom. The van der Waals surface area contributed by atoms with Gasteiger partial charge >= 0.3 is 18.2 Å². The van der Waals surface area contributed by atoms with Gasteiger partial charge in [-0.15, -0.1) is 0 Å². The molecular weight excluding hydrogens is 513 g/mol. The minimum Gasteiger partial charge on any atom is -0.338 e. The van der Waals surface area contributed by atoms with Crippen molar-refractivity contribution in [1.29, 1.82) is 0 Å². The number of rotatable bonds is 7. The van der Waals surface area contributed by atoms with E-state index in [1.165, 1.54) is 17.0 Å². The third-order valence-corrected chi connectivity index (χ3v) is 5.23. The van der Waals surface area contributed by atoms with Gasteiger partial charge in [0.2, 0.25) is 0 Å². The number of alkyl halides is 3. The monoisotopic (exact) mass is 534 g/mol. The Balaban J connectivity index is 1.59. The summed E-state index contributed by atoms with van der Waals surface area (Å²) in [6.07, 6.45) is -4.10. The maximum absolute atomic E-state index is 13.0. The van der Waals surface area contributed by atoms with Crippen molar-refractivity contribution in [2.75, 3.05) is 28.6 Å². The average Bonchev–Trinajstić information content (AvgIpc) is 2.80. The van der Waals surface area contributed by atoms with E-state index in [-0.39, 0.29) is 24.8 Å². The average molecular weight is 535 g/mol. The first-order valence-corrected chi connectivity index (χ1v) is 11.1. The number of carbonyl (C=O) groups is 2. The predicted octanol–water partition coefficient (Wildman–Crippen LogP) is 6.72. The summed E-state index contributed by atoms with van der Waals surface area (Å²) >= 11 is 3.32. The molecule has 3 rings (SSSR count). The summed E-state index contributed by atoms with van der Waals surface area (Å²) in [6, 6.07) is 19.3. The molecule has 0 bridgehead atoms. The topological polar surface area (TPSA) is 73.5 Å². The molecule has 0 saturated heterocycles. The smallest absolute Gasteiger partial charge is 0.338 e. The second-order valence-electron chi connectivity index (χ2n) is 7.24. The zero-order valence-corrected chi connectivity index (χ0v) is 19.5. The van der Waals surface area contributed by atoms with Gasteiger partial charge in [-0.3, -0.25) is 4.90 Å². The lowest BCUT2D eigenvalue weighted by atomic mass is 10.2. The molecule has 3 N–H and O–H groups in total. The predicted molar refractivity (Wildman–Crippen MR) is 130 cm³/mol. The Hall–Kier alpha value is -3.53. The van der Waals surface area contributed by atoms with Gasteiger partial charge in [0.05, 0.1) is 5.56 Å². The molecule has 3 aromatic carbocycles. The van der Waals surface area contributed by atoms with Crippen molar-refractivity contribution in [1.82, 2.24) is 5.32 Å². The number of carbonyl (C=O) groups excluding carboxylic acids is 2. The number of nitrogens with one attached hydrogen (secondary N) is 3. The Morgan fingerprint density at radius 3 is 2.24 bits per heavy atom. The van der Waals surface area contributed by atoms with Gasteiger partial charge in [-0.1, -0.05) is 40.2 Å². The number of urea groups is 2. The van der Waals surface area contributed by atoms with Gasteiger partial charge in [0.1, 0.15) is 0 Å². The molecule has 0 aromatic heterocycles. The van der Waals surface area contributed by atoms with Crippen molar-refractivity contribution in [3.05, 3.63) is 88.9 Å². The largest absolute Gasteiger partial charge is 0.416 e. The second-order valence-corrected chi connectivity index (χ2v) is 8.15. The number of hydrogen-bond donors (Lipinski definition) is 3. The van der Waals surface area contributed by atoms with E-state index >= 15 is 0 Å². The number of benzene rings is 3. The molecule has 0 atom stereocenters. The molecule has 178 valence electrons. The first-order chi connectivity index (χ1) is 16.2. The van der Waals surface area contributed by atoms with E-state index in [0.717, 1.165) is 16.6 Å². The summed E-state index contributed by atoms with van der Waals surface area (Å²) in [5.41, 5.74) is 0.392. The maximum atomic E-state index is 13.0. The van der Waals surface area contributed by atoms with Crippen molar-refractivity contribution in [2.45, 2.75) is 12.6 Å². The van der Waals surface area contributed by atoms with Crippen LogP contribution in [0.1, 0.15) is 12.0 Å². The van der Waals surface area contributed by atoms with Crippen LogP contribution in [0, 0.1) is 0 Å². The van der Waals surface area contributed by atoms with Crippen molar-refractivity contribution >= 4 is 45.1 Å². The van der Waals surface area contributed by atoms with Crippen LogP contribution in [0.5, 0.6) is 0 Å². The fourth-order valence-corrected chi connectivity index (χ4v) is 3.33. The van der Waals surface area contributed by atoms with Crippen LogP contribution in [0.4, 0.5) is 39.8 Å². The van der Waals surface area contributed by atoms with Gasteiger partial charge in [-0.2, -0.15) is 13.2 Å². The quantitative estimate of drug-likeness (QED) is 0.294. The Bertz CT molecular complexity index is 1110. The highest BCUT2D eigenvalue weighted by Crippen LogP contribution is 2.30. The van der Waals surface area contributed by atoms with Crippen LogP contribution in [0.3, 0.4) is 0 Å². The number of anilines is 3. The fraction of sp³-hybridized carbons (Fsp3) is 0.167. The molecule has 0 heterocycles. The van der Waals surface area contributed by atoms with Gasteiger partial charge in [0.25, 0.3) is 0 Å². The van der Waals surface area contributed by atoms with Gasteiger partial charge in [0, 0.05) is 34.6 Å². The van der Waals surface area contributed by atoms with Gasteiger partial charge < -0.3 is 16.0 Å². The molecule has 0 saturated carbocycles. The summed E-state index contributed by atoms with van der Waals surface area (Å²) in [6.45, 7) is 0.510. The van der Waals surface area contributed by atoms with Crippen molar-refractivity contribution < 1.29 is 22.8 Å². The lowest BCUT2D eigenvalue weighted by molar-refractivity contribution is -0.137. The molecule has 10 heteroatoms. The number of para-hydroxylation sites is 1. The van der Waals surface area contributed by atoms with Gasteiger partial charge in [0.15, 0.2) is 0 Å². The molecule has 3 aromatic rings.